The monoisotopic (exact) mass is 279 g/mol. The van der Waals surface area contributed by atoms with Gasteiger partial charge in [0.25, 0.3) is 5.91 Å². The normalized spacial score (nSPS) is 17.9. The third kappa shape index (κ3) is 3.46. The van der Waals surface area contributed by atoms with E-state index in [1.165, 1.54) is 24.3 Å². The minimum absolute atomic E-state index is 0.0362. The molecule has 6 heteroatoms. The van der Waals surface area contributed by atoms with Crippen LogP contribution >= 0.6 is 0 Å². The van der Waals surface area contributed by atoms with Crippen molar-refractivity contribution in [2.75, 3.05) is 19.6 Å². The SMILES string of the molecule is CCNC(=O)NC1CCN(C(=O)c2ccc(F)cc2)C1. The van der Waals surface area contributed by atoms with E-state index in [9.17, 15) is 14.0 Å². The summed E-state index contributed by atoms with van der Waals surface area (Å²) < 4.78 is 12.8. The number of hydrogen-bond donors (Lipinski definition) is 2. The van der Waals surface area contributed by atoms with Gasteiger partial charge in [-0.3, -0.25) is 4.79 Å². The first-order valence-corrected chi connectivity index (χ1v) is 6.69. The second kappa shape index (κ2) is 6.36. The van der Waals surface area contributed by atoms with Crippen LogP contribution < -0.4 is 10.6 Å². The molecular weight excluding hydrogens is 261 g/mol. The van der Waals surface area contributed by atoms with Crippen molar-refractivity contribution in [1.82, 2.24) is 15.5 Å². The summed E-state index contributed by atoms with van der Waals surface area (Å²) in [5, 5.41) is 5.48. The number of halogens is 1. The molecule has 108 valence electrons. The van der Waals surface area contributed by atoms with Crippen LogP contribution in [0.4, 0.5) is 9.18 Å². The zero-order valence-corrected chi connectivity index (χ0v) is 11.4. The van der Waals surface area contributed by atoms with Gasteiger partial charge < -0.3 is 15.5 Å². The Morgan fingerprint density at radius 2 is 2.05 bits per heavy atom. The zero-order chi connectivity index (χ0) is 14.5. The van der Waals surface area contributed by atoms with Crippen LogP contribution in [0, 0.1) is 5.82 Å². The Kier molecular flexibility index (Phi) is 4.55. The number of nitrogens with zero attached hydrogens (tertiary/aromatic N) is 1. The van der Waals surface area contributed by atoms with Crippen molar-refractivity contribution >= 4 is 11.9 Å². The molecule has 1 unspecified atom stereocenters. The summed E-state index contributed by atoms with van der Waals surface area (Å²) in [6, 6.07) is 5.24. The van der Waals surface area contributed by atoms with Crippen LogP contribution in [0.5, 0.6) is 0 Å². The Morgan fingerprint density at radius 3 is 2.70 bits per heavy atom. The highest BCUT2D eigenvalue weighted by molar-refractivity contribution is 5.94. The largest absolute Gasteiger partial charge is 0.338 e. The lowest BCUT2D eigenvalue weighted by atomic mass is 10.2. The molecule has 0 aliphatic carbocycles. The lowest BCUT2D eigenvalue weighted by Gasteiger charge is -2.17. The number of hydrogen-bond acceptors (Lipinski definition) is 2. The van der Waals surface area contributed by atoms with Gasteiger partial charge in [0, 0.05) is 31.2 Å². The first-order valence-electron chi connectivity index (χ1n) is 6.69. The molecule has 1 fully saturated rings. The van der Waals surface area contributed by atoms with Gasteiger partial charge >= 0.3 is 6.03 Å². The van der Waals surface area contributed by atoms with Crippen molar-refractivity contribution < 1.29 is 14.0 Å². The quantitative estimate of drug-likeness (QED) is 0.877. The first-order chi connectivity index (χ1) is 9.60. The van der Waals surface area contributed by atoms with Gasteiger partial charge in [-0.05, 0) is 37.6 Å². The van der Waals surface area contributed by atoms with Crippen LogP contribution in [0.3, 0.4) is 0 Å². The van der Waals surface area contributed by atoms with Crippen molar-refractivity contribution in [3.8, 4) is 0 Å². The van der Waals surface area contributed by atoms with Gasteiger partial charge in [-0.15, -0.1) is 0 Å². The van der Waals surface area contributed by atoms with E-state index in [0.717, 1.165) is 6.42 Å². The van der Waals surface area contributed by atoms with Crippen LogP contribution in [0.15, 0.2) is 24.3 Å². The van der Waals surface area contributed by atoms with E-state index in [2.05, 4.69) is 10.6 Å². The average Bonchev–Trinajstić information content (AvgIpc) is 2.87. The topological polar surface area (TPSA) is 61.4 Å². The zero-order valence-electron chi connectivity index (χ0n) is 11.4. The number of carbonyl (C=O) groups excluding carboxylic acids is 2. The van der Waals surface area contributed by atoms with Crippen molar-refractivity contribution in [2.24, 2.45) is 0 Å². The molecule has 0 aromatic heterocycles. The number of benzene rings is 1. The van der Waals surface area contributed by atoms with E-state index in [0.29, 0.717) is 25.2 Å². The average molecular weight is 279 g/mol. The van der Waals surface area contributed by atoms with E-state index in [1.807, 2.05) is 6.92 Å². The highest BCUT2D eigenvalue weighted by Crippen LogP contribution is 2.14. The Hall–Kier alpha value is -2.11. The Morgan fingerprint density at radius 1 is 1.35 bits per heavy atom. The second-order valence-corrected chi connectivity index (χ2v) is 4.75. The molecule has 0 spiro atoms. The van der Waals surface area contributed by atoms with Crippen LogP contribution in [0.1, 0.15) is 23.7 Å². The molecule has 1 aromatic rings. The molecule has 0 saturated carbocycles. The summed E-state index contributed by atoms with van der Waals surface area (Å²) in [5.74, 6) is -0.496. The maximum atomic E-state index is 12.8. The van der Waals surface area contributed by atoms with Gasteiger partial charge in [0.15, 0.2) is 0 Å². The molecule has 1 heterocycles. The summed E-state index contributed by atoms with van der Waals surface area (Å²) in [5.41, 5.74) is 0.463. The number of rotatable bonds is 3. The van der Waals surface area contributed by atoms with Crippen molar-refractivity contribution in [3.05, 3.63) is 35.6 Å². The summed E-state index contributed by atoms with van der Waals surface area (Å²) in [6.45, 7) is 3.48. The van der Waals surface area contributed by atoms with E-state index in [-0.39, 0.29) is 23.8 Å². The molecule has 1 aliphatic rings. The summed E-state index contributed by atoms with van der Waals surface area (Å²) in [4.78, 5) is 25.3. The van der Waals surface area contributed by atoms with Gasteiger partial charge in [-0.25, -0.2) is 9.18 Å². The lowest BCUT2D eigenvalue weighted by molar-refractivity contribution is 0.0789. The molecule has 1 saturated heterocycles. The number of likely N-dealkylation sites (tertiary alicyclic amines) is 1. The minimum atomic E-state index is -0.362. The molecule has 2 N–H and O–H groups in total. The maximum Gasteiger partial charge on any atom is 0.315 e. The molecule has 1 aromatic carbocycles. The smallest absolute Gasteiger partial charge is 0.315 e. The Labute approximate surface area is 117 Å². The lowest BCUT2D eigenvalue weighted by Crippen LogP contribution is -2.43. The van der Waals surface area contributed by atoms with Gasteiger partial charge in [-0.2, -0.15) is 0 Å². The van der Waals surface area contributed by atoms with Crippen LogP contribution in [0.2, 0.25) is 0 Å². The van der Waals surface area contributed by atoms with E-state index >= 15 is 0 Å². The molecule has 1 aliphatic heterocycles. The fourth-order valence-corrected chi connectivity index (χ4v) is 2.23. The summed E-state index contributed by atoms with van der Waals surface area (Å²) in [7, 11) is 0. The summed E-state index contributed by atoms with van der Waals surface area (Å²) >= 11 is 0. The molecule has 3 amide bonds. The van der Waals surface area contributed by atoms with E-state index in [1.54, 1.807) is 4.90 Å². The first kappa shape index (κ1) is 14.3. The maximum absolute atomic E-state index is 12.8. The fraction of sp³-hybridized carbons (Fsp3) is 0.429. The highest BCUT2D eigenvalue weighted by Gasteiger charge is 2.27. The Bertz CT molecular complexity index is 490. The molecule has 0 radical (unpaired) electrons. The van der Waals surface area contributed by atoms with E-state index in [4.69, 9.17) is 0 Å². The van der Waals surface area contributed by atoms with E-state index < -0.39 is 0 Å². The minimum Gasteiger partial charge on any atom is -0.338 e. The van der Waals surface area contributed by atoms with Crippen molar-refractivity contribution in [1.29, 1.82) is 0 Å². The molecular formula is C14H18FN3O2. The van der Waals surface area contributed by atoms with Crippen molar-refractivity contribution in [3.63, 3.8) is 0 Å². The second-order valence-electron chi connectivity index (χ2n) is 4.75. The standard InChI is InChI=1S/C14H18FN3O2/c1-2-16-14(20)17-12-7-8-18(9-12)13(19)10-3-5-11(15)6-4-10/h3-6,12H,2,7-9H2,1H3,(H2,16,17,20). The molecule has 2 rings (SSSR count). The molecule has 20 heavy (non-hydrogen) atoms. The predicted molar refractivity (Wildman–Crippen MR) is 72.9 cm³/mol. The Balaban J connectivity index is 1.90. The van der Waals surface area contributed by atoms with Gasteiger partial charge in [-0.1, -0.05) is 0 Å². The number of carbonyl (C=O) groups is 2. The van der Waals surface area contributed by atoms with Crippen molar-refractivity contribution in [2.45, 2.75) is 19.4 Å². The predicted octanol–water partition coefficient (Wildman–Crippen LogP) is 1.36. The van der Waals surface area contributed by atoms with Crippen LogP contribution in [-0.4, -0.2) is 42.5 Å². The number of urea groups is 1. The number of nitrogens with one attached hydrogen (secondary N) is 2. The van der Waals surface area contributed by atoms with Gasteiger partial charge in [0.1, 0.15) is 5.82 Å². The van der Waals surface area contributed by atoms with Gasteiger partial charge in [0.2, 0.25) is 0 Å². The summed E-state index contributed by atoms with van der Waals surface area (Å²) in [6.07, 6.45) is 0.726. The third-order valence-corrected chi connectivity index (χ3v) is 3.24. The fourth-order valence-electron chi connectivity index (χ4n) is 2.23. The third-order valence-electron chi connectivity index (χ3n) is 3.24. The van der Waals surface area contributed by atoms with Gasteiger partial charge in [0.05, 0.1) is 0 Å². The molecule has 0 bridgehead atoms. The molecule has 1 atom stereocenters. The highest BCUT2D eigenvalue weighted by atomic mass is 19.1. The van der Waals surface area contributed by atoms with Crippen LogP contribution in [0.25, 0.3) is 0 Å². The number of amides is 3. The van der Waals surface area contributed by atoms with Crippen LogP contribution in [-0.2, 0) is 0 Å². The molecule has 5 nitrogen and oxygen atoms in total.